The van der Waals surface area contributed by atoms with Crippen LogP contribution >= 0.6 is 0 Å². The van der Waals surface area contributed by atoms with Crippen LogP contribution in [0, 0.1) is 5.92 Å². The van der Waals surface area contributed by atoms with Crippen LogP contribution in [0.4, 0.5) is 0 Å². The van der Waals surface area contributed by atoms with E-state index in [4.69, 9.17) is 4.74 Å². The van der Waals surface area contributed by atoms with Crippen molar-refractivity contribution in [2.24, 2.45) is 5.92 Å². The minimum Gasteiger partial charge on any atom is -0.497 e. The number of carbonyl (C=O) groups is 1. The van der Waals surface area contributed by atoms with E-state index in [2.05, 4.69) is 22.3 Å². The topological polar surface area (TPSA) is 79.0 Å². The molecule has 4 rings (SSSR count). The third-order valence-electron chi connectivity index (χ3n) is 6.68. The molecule has 8 heteroatoms. The molecule has 33 heavy (non-hydrogen) atoms. The van der Waals surface area contributed by atoms with Crippen LogP contribution in [-0.2, 0) is 21.4 Å². The quantitative estimate of drug-likeness (QED) is 0.672. The lowest BCUT2D eigenvalue weighted by Gasteiger charge is -2.34. The normalized spacial score (nSPS) is 19.3. The van der Waals surface area contributed by atoms with Crippen molar-refractivity contribution in [3.63, 3.8) is 0 Å². The summed E-state index contributed by atoms with van der Waals surface area (Å²) in [5, 5.41) is 3.22. The Kier molecular flexibility index (Phi) is 7.67. The van der Waals surface area contributed by atoms with Gasteiger partial charge in [0.05, 0.1) is 12.0 Å². The van der Waals surface area contributed by atoms with E-state index < -0.39 is 10.0 Å². The van der Waals surface area contributed by atoms with E-state index in [9.17, 15) is 13.2 Å². The standard InChI is InChI=1S/C25H33N3O4S/c1-32-23-7-5-6-20(18-23)19-27-14-12-22(13-15-27)26-25(29)21-10-16-28(17-11-21)33(30,31)24-8-3-2-4-9-24/h2-9,18,21-22H,10-17,19H2,1H3,(H,26,29). The van der Waals surface area contributed by atoms with Gasteiger partial charge in [-0.2, -0.15) is 4.31 Å². The van der Waals surface area contributed by atoms with Gasteiger partial charge in [-0.05, 0) is 55.5 Å². The summed E-state index contributed by atoms with van der Waals surface area (Å²) in [5.41, 5.74) is 1.23. The molecule has 0 aliphatic carbocycles. The number of carbonyl (C=O) groups excluding carboxylic acids is 1. The van der Waals surface area contributed by atoms with Crippen LogP contribution in [0.5, 0.6) is 5.75 Å². The number of hydrogen-bond acceptors (Lipinski definition) is 5. The third-order valence-corrected chi connectivity index (χ3v) is 8.59. The minimum absolute atomic E-state index is 0.0676. The van der Waals surface area contributed by atoms with E-state index in [-0.39, 0.29) is 17.9 Å². The average molecular weight is 472 g/mol. The molecule has 2 saturated heterocycles. The smallest absolute Gasteiger partial charge is 0.243 e. The molecule has 0 atom stereocenters. The Morgan fingerprint density at radius 1 is 0.970 bits per heavy atom. The zero-order valence-corrected chi connectivity index (χ0v) is 20.0. The van der Waals surface area contributed by atoms with Gasteiger partial charge in [-0.3, -0.25) is 9.69 Å². The molecule has 2 heterocycles. The van der Waals surface area contributed by atoms with Gasteiger partial charge in [-0.25, -0.2) is 8.42 Å². The summed E-state index contributed by atoms with van der Waals surface area (Å²) in [6.07, 6.45) is 2.98. The largest absolute Gasteiger partial charge is 0.497 e. The van der Waals surface area contributed by atoms with Gasteiger partial charge < -0.3 is 10.1 Å². The Balaban J connectivity index is 1.21. The zero-order valence-electron chi connectivity index (χ0n) is 19.2. The van der Waals surface area contributed by atoms with E-state index >= 15 is 0 Å². The predicted octanol–water partition coefficient (Wildman–Crippen LogP) is 2.88. The predicted molar refractivity (Wildman–Crippen MR) is 127 cm³/mol. The molecule has 0 unspecified atom stereocenters. The lowest BCUT2D eigenvalue weighted by atomic mass is 9.95. The van der Waals surface area contributed by atoms with Crippen molar-refractivity contribution >= 4 is 15.9 Å². The molecule has 0 aromatic heterocycles. The number of rotatable bonds is 7. The van der Waals surface area contributed by atoms with Crippen molar-refractivity contribution < 1.29 is 17.9 Å². The van der Waals surface area contributed by atoms with Gasteiger partial charge in [0.2, 0.25) is 15.9 Å². The van der Waals surface area contributed by atoms with E-state index in [1.54, 1.807) is 37.4 Å². The number of piperidine rings is 2. The highest BCUT2D eigenvalue weighted by Gasteiger charge is 2.33. The van der Waals surface area contributed by atoms with Crippen LogP contribution < -0.4 is 10.1 Å². The van der Waals surface area contributed by atoms with E-state index in [0.717, 1.165) is 38.2 Å². The summed E-state index contributed by atoms with van der Waals surface area (Å²) in [6, 6.07) is 16.8. The molecule has 2 fully saturated rings. The number of hydrogen-bond donors (Lipinski definition) is 1. The molecule has 0 bridgehead atoms. The molecule has 1 N–H and O–H groups in total. The number of nitrogens with one attached hydrogen (secondary N) is 1. The third kappa shape index (κ3) is 5.93. The van der Waals surface area contributed by atoms with Crippen molar-refractivity contribution in [2.45, 2.75) is 43.2 Å². The highest BCUT2D eigenvalue weighted by molar-refractivity contribution is 7.89. The SMILES string of the molecule is COc1cccc(CN2CCC(NC(=O)C3CCN(S(=O)(=O)c4ccccc4)CC3)CC2)c1. The van der Waals surface area contributed by atoms with E-state index in [1.807, 2.05) is 12.1 Å². The van der Waals surface area contributed by atoms with Crippen molar-refractivity contribution in [1.29, 1.82) is 0 Å². The number of sulfonamides is 1. The highest BCUT2D eigenvalue weighted by Crippen LogP contribution is 2.24. The highest BCUT2D eigenvalue weighted by atomic mass is 32.2. The summed E-state index contributed by atoms with van der Waals surface area (Å²) >= 11 is 0. The van der Waals surface area contributed by atoms with Crippen molar-refractivity contribution in [3.05, 3.63) is 60.2 Å². The van der Waals surface area contributed by atoms with E-state index in [0.29, 0.717) is 30.8 Å². The Morgan fingerprint density at radius 2 is 1.67 bits per heavy atom. The van der Waals surface area contributed by atoms with Crippen LogP contribution in [0.25, 0.3) is 0 Å². The maximum atomic E-state index is 12.8. The van der Waals surface area contributed by atoms with Gasteiger partial charge in [0, 0.05) is 44.7 Å². The number of likely N-dealkylation sites (tertiary alicyclic amines) is 1. The molecule has 0 saturated carbocycles. The summed E-state index contributed by atoms with van der Waals surface area (Å²) in [7, 11) is -1.81. The van der Waals surface area contributed by atoms with Crippen LogP contribution in [0.2, 0.25) is 0 Å². The van der Waals surface area contributed by atoms with Crippen molar-refractivity contribution in [3.8, 4) is 5.75 Å². The number of benzene rings is 2. The number of ether oxygens (including phenoxy) is 1. The first kappa shape index (κ1) is 23.7. The molecular formula is C25H33N3O4S. The number of methoxy groups -OCH3 is 1. The fraction of sp³-hybridized carbons (Fsp3) is 0.480. The number of nitrogens with zero attached hydrogens (tertiary/aromatic N) is 2. The summed E-state index contributed by atoms with van der Waals surface area (Å²) < 4.78 is 32.4. The summed E-state index contributed by atoms with van der Waals surface area (Å²) in [6.45, 7) is 3.53. The maximum Gasteiger partial charge on any atom is 0.243 e. The Hall–Kier alpha value is -2.42. The summed E-state index contributed by atoms with van der Waals surface area (Å²) in [4.78, 5) is 15.5. The molecule has 178 valence electrons. The second-order valence-electron chi connectivity index (χ2n) is 8.90. The molecular weight excluding hydrogens is 438 g/mol. The van der Waals surface area contributed by atoms with Gasteiger partial charge in [-0.15, -0.1) is 0 Å². The second kappa shape index (κ2) is 10.7. The molecule has 2 aliphatic rings. The molecule has 7 nitrogen and oxygen atoms in total. The second-order valence-corrected chi connectivity index (χ2v) is 10.8. The molecule has 2 aromatic carbocycles. The molecule has 2 aliphatic heterocycles. The van der Waals surface area contributed by atoms with Gasteiger partial charge in [-0.1, -0.05) is 30.3 Å². The lowest BCUT2D eigenvalue weighted by Crippen LogP contribution is -2.48. The average Bonchev–Trinajstić information content (AvgIpc) is 2.86. The molecule has 0 radical (unpaired) electrons. The Morgan fingerprint density at radius 3 is 2.33 bits per heavy atom. The lowest BCUT2D eigenvalue weighted by molar-refractivity contribution is -0.127. The van der Waals surface area contributed by atoms with Crippen LogP contribution in [0.1, 0.15) is 31.2 Å². The molecule has 0 spiro atoms. The minimum atomic E-state index is -3.49. The first-order valence-electron chi connectivity index (χ1n) is 11.7. The van der Waals surface area contributed by atoms with E-state index in [1.165, 1.54) is 9.87 Å². The first-order valence-corrected chi connectivity index (χ1v) is 13.1. The van der Waals surface area contributed by atoms with Crippen molar-refractivity contribution in [1.82, 2.24) is 14.5 Å². The van der Waals surface area contributed by atoms with Gasteiger partial charge in [0.25, 0.3) is 0 Å². The fourth-order valence-corrected chi connectivity index (χ4v) is 6.17. The van der Waals surface area contributed by atoms with Crippen LogP contribution in [0.3, 0.4) is 0 Å². The van der Waals surface area contributed by atoms with Gasteiger partial charge in [0.1, 0.15) is 5.75 Å². The van der Waals surface area contributed by atoms with Gasteiger partial charge >= 0.3 is 0 Å². The Bertz CT molecular complexity index is 1030. The maximum absolute atomic E-state index is 12.8. The fourth-order valence-electron chi connectivity index (χ4n) is 4.68. The summed E-state index contributed by atoms with van der Waals surface area (Å²) in [5.74, 6) is 0.817. The van der Waals surface area contributed by atoms with Crippen LogP contribution in [-0.4, -0.2) is 62.9 Å². The first-order chi connectivity index (χ1) is 16.0. The van der Waals surface area contributed by atoms with Gasteiger partial charge in [0.15, 0.2) is 0 Å². The Labute approximate surface area is 196 Å². The molecule has 1 amide bonds. The van der Waals surface area contributed by atoms with Crippen molar-refractivity contribution in [2.75, 3.05) is 33.3 Å². The monoisotopic (exact) mass is 471 g/mol. The molecule has 2 aromatic rings. The zero-order chi connectivity index (χ0) is 23.3. The van der Waals surface area contributed by atoms with Crippen LogP contribution in [0.15, 0.2) is 59.5 Å². The number of amides is 1.